The fourth-order valence-electron chi connectivity index (χ4n) is 3.43. The highest BCUT2D eigenvalue weighted by Crippen LogP contribution is 2.26. The van der Waals surface area contributed by atoms with Gasteiger partial charge in [-0.3, -0.25) is 0 Å². The Labute approximate surface area is 179 Å². The highest BCUT2D eigenvalue weighted by Gasteiger charge is 2.46. The fourth-order valence-corrected chi connectivity index (χ4v) is 3.43. The van der Waals surface area contributed by atoms with Crippen molar-refractivity contribution in [1.29, 1.82) is 0 Å². The summed E-state index contributed by atoms with van der Waals surface area (Å²) in [6, 6.07) is 7.02. The van der Waals surface area contributed by atoms with Crippen LogP contribution in [0.15, 0.2) is 24.3 Å². The van der Waals surface area contributed by atoms with Gasteiger partial charge in [0.1, 0.15) is 48.5 Å². The van der Waals surface area contributed by atoms with Crippen LogP contribution in [0.5, 0.6) is 5.75 Å². The summed E-state index contributed by atoms with van der Waals surface area (Å²) in [5.41, 5.74) is 0.769. The van der Waals surface area contributed by atoms with Gasteiger partial charge in [-0.25, -0.2) is 0 Å². The zero-order valence-electron chi connectivity index (χ0n) is 17.2. The van der Waals surface area contributed by atoms with Crippen LogP contribution in [0, 0.1) is 0 Å². The summed E-state index contributed by atoms with van der Waals surface area (Å²) in [6.45, 7) is 1.23. The number of rotatable bonds is 7. The van der Waals surface area contributed by atoms with Gasteiger partial charge in [0.2, 0.25) is 0 Å². The zero-order chi connectivity index (χ0) is 22.7. The molecule has 2 saturated heterocycles. The van der Waals surface area contributed by atoms with E-state index in [2.05, 4.69) is 0 Å². The standard InChI is InChI=1S/C20H30O11/c1-9-13(21)15(23)17(25)19(30-9)29-8-12-14(22)16(24)18(26)20(31-12)28-7-10-3-5-11(27-2)6-4-10/h3-6,9,12-26H,7-8H2,1-2H3/t9-,12+,13-,14+,15+,16-,17+,18+,19+,20+/m0/s1. The normalized spacial score (nSPS) is 41.2. The minimum Gasteiger partial charge on any atom is -0.497 e. The fraction of sp³-hybridized carbons (Fsp3) is 0.700. The third kappa shape index (κ3) is 5.52. The van der Waals surface area contributed by atoms with E-state index >= 15 is 0 Å². The van der Waals surface area contributed by atoms with E-state index in [-0.39, 0.29) is 13.2 Å². The number of aliphatic hydroxyl groups excluding tert-OH is 6. The van der Waals surface area contributed by atoms with E-state index in [0.29, 0.717) is 5.75 Å². The maximum Gasteiger partial charge on any atom is 0.187 e. The van der Waals surface area contributed by atoms with Crippen molar-refractivity contribution < 1.29 is 54.3 Å². The second-order valence-electron chi connectivity index (χ2n) is 7.69. The molecule has 11 heteroatoms. The summed E-state index contributed by atoms with van der Waals surface area (Å²) in [4.78, 5) is 0. The van der Waals surface area contributed by atoms with Gasteiger partial charge in [-0.2, -0.15) is 0 Å². The Morgan fingerprint density at radius 1 is 0.742 bits per heavy atom. The predicted octanol–water partition coefficient (Wildman–Crippen LogP) is -2.14. The van der Waals surface area contributed by atoms with E-state index in [1.54, 1.807) is 31.4 Å². The first-order valence-corrected chi connectivity index (χ1v) is 9.98. The molecule has 1 aromatic rings. The van der Waals surface area contributed by atoms with Gasteiger partial charge < -0.3 is 54.3 Å². The highest BCUT2D eigenvalue weighted by molar-refractivity contribution is 5.26. The van der Waals surface area contributed by atoms with Crippen molar-refractivity contribution in [1.82, 2.24) is 0 Å². The summed E-state index contributed by atoms with van der Waals surface area (Å²) >= 11 is 0. The zero-order valence-corrected chi connectivity index (χ0v) is 17.2. The molecule has 2 fully saturated rings. The van der Waals surface area contributed by atoms with E-state index in [4.69, 9.17) is 23.7 Å². The van der Waals surface area contributed by atoms with Crippen molar-refractivity contribution in [2.75, 3.05) is 13.7 Å². The Morgan fingerprint density at radius 2 is 1.32 bits per heavy atom. The first-order valence-electron chi connectivity index (χ1n) is 9.98. The minimum atomic E-state index is -1.56. The maximum absolute atomic E-state index is 10.2. The number of methoxy groups -OCH3 is 1. The monoisotopic (exact) mass is 446 g/mol. The van der Waals surface area contributed by atoms with Crippen molar-refractivity contribution in [2.45, 2.75) is 74.9 Å². The van der Waals surface area contributed by atoms with E-state index in [1.165, 1.54) is 6.92 Å². The molecule has 2 aliphatic heterocycles. The minimum absolute atomic E-state index is 0.0636. The van der Waals surface area contributed by atoms with Crippen LogP contribution < -0.4 is 4.74 Å². The first-order chi connectivity index (χ1) is 14.7. The Bertz CT molecular complexity index is 686. The smallest absolute Gasteiger partial charge is 0.187 e. The lowest BCUT2D eigenvalue weighted by Crippen LogP contribution is -2.61. The van der Waals surface area contributed by atoms with Gasteiger partial charge in [0, 0.05) is 0 Å². The topological polar surface area (TPSA) is 168 Å². The molecule has 1 aromatic carbocycles. The van der Waals surface area contributed by atoms with Crippen LogP contribution in [0.25, 0.3) is 0 Å². The van der Waals surface area contributed by atoms with Gasteiger partial charge >= 0.3 is 0 Å². The van der Waals surface area contributed by atoms with Crippen molar-refractivity contribution in [2.24, 2.45) is 0 Å². The third-order valence-corrected chi connectivity index (χ3v) is 5.47. The van der Waals surface area contributed by atoms with Gasteiger partial charge in [0.05, 0.1) is 26.4 Å². The van der Waals surface area contributed by atoms with E-state index in [9.17, 15) is 30.6 Å². The van der Waals surface area contributed by atoms with Gasteiger partial charge in [-0.05, 0) is 24.6 Å². The van der Waals surface area contributed by atoms with Gasteiger partial charge in [-0.15, -0.1) is 0 Å². The Kier molecular flexibility index (Phi) is 8.21. The third-order valence-electron chi connectivity index (χ3n) is 5.47. The van der Waals surface area contributed by atoms with Crippen LogP contribution >= 0.6 is 0 Å². The molecular weight excluding hydrogens is 416 g/mol. The molecular formula is C20H30O11. The molecule has 176 valence electrons. The molecule has 0 saturated carbocycles. The van der Waals surface area contributed by atoms with Crippen LogP contribution in [0.4, 0.5) is 0 Å². The van der Waals surface area contributed by atoms with Crippen molar-refractivity contribution >= 4 is 0 Å². The lowest BCUT2D eigenvalue weighted by atomic mass is 9.98. The molecule has 6 N–H and O–H groups in total. The van der Waals surface area contributed by atoms with Crippen LogP contribution in [0.1, 0.15) is 12.5 Å². The molecule has 0 amide bonds. The Hall–Kier alpha value is -1.38. The lowest BCUT2D eigenvalue weighted by molar-refractivity contribution is -0.329. The van der Waals surface area contributed by atoms with E-state index < -0.39 is 61.4 Å². The van der Waals surface area contributed by atoms with E-state index in [0.717, 1.165) is 5.56 Å². The summed E-state index contributed by atoms with van der Waals surface area (Å²) < 4.78 is 27.0. The molecule has 31 heavy (non-hydrogen) atoms. The summed E-state index contributed by atoms with van der Waals surface area (Å²) in [5, 5.41) is 60.2. The van der Waals surface area contributed by atoms with Gasteiger partial charge in [0.15, 0.2) is 12.6 Å². The molecule has 0 aromatic heterocycles. The summed E-state index contributed by atoms with van der Waals surface area (Å²) in [7, 11) is 1.55. The SMILES string of the molecule is COc1ccc(CO[C@@H]2O[C@H](CO[C@@H]3O[C@@H](C)[C@H](O)[C@@H](O)[C@H]3O)[C@@H](O)[C@H](O)[C@H]2O)cc1. The second-order valence-corrected chi connectivity index (χ2v) is 7.69. The number of hydrogen-bond donors (Lipinski definition) is 6. The molecule has 11 nitrogen and oxygen atoms in total. The van der Waals surface area contributed by atoms with Crippen molar-refractivity contribution in [3.05, 3.63) is 29.8 Å². The average Bonchev–Trinajstić information content (AvgIpc) is 2.78. The first kappa shape index (κ1) is 24.3. The molecule has 2 aliphatic rings. The van der Waals surface area contributed by atoms with E-state index in [1.807, 2.05) is 0 Å². The van der Waals surface area contributed by atoms with Crippen LogP contribution in [0.3, 0.4) is 0 Å². The Balaban J connectivity index is 1.57. The molecule has 0 unspecified atom stereocenters. The number of ether oxygens (including phenoxy) is 5. The summed E-state index contributed by atoms with van der Waals surface area (Å²) in [5.74, 6) is 0.674. The van der Waals surface area contributed by atoms with Crippen LogP contribution in [-0.2, 0) is 25.6 Å². The van der Waals surface area contributed by atoms with Gasteiger partial charge in [-0.1, -0.05) is 12.1 Å². The van der Waals surface area contributed by atoms with Crippen molar-refractivity contribution in [3.63, 3.8) is 0 Å². The predicted molar refractivity (Wildman–Crippen MR) is 103 cm³/mol. The summed E-state index contributed by atoms with van der Waals surface area (Å²) in [6.07, 6.45) is -13.3. The van der Waals surface area contributed by atoms with Crippen LogP contribution in [0.2, 0.25) is 0 Å². The molecule has 0 spiro atoms. The molecule has 0 radical (unpaired) electrons. The Morgan fingerprint density at radius 3 is 1.94 bits per heavy atom. The lowest BCUT2D eigenvalue weighted by Gasteiger charge is -2.42. The molecule has 0 bridgehead atoms. The van der Waals surface area contributed by atoms with Crippen LogP contribution in [-0.4, -0.2) is 106 Å². The highest BCUT2D eigenvalue weighted by atomic mass is 16.7. The van der Waals surface area contributed by atoms with Crippen molar-refractivity contribution in [3.8, 4) is 5.75 Å². The molecule has 3 rings (SSSR count). The average molecular weight is 446 g/mol. The number of aliphatic hydroxyl groups is 6. The maximum atomic E-state index is 10.2. The molecule has 2 heterocycles. The molecule has 10 atom stereocenters. The number of hydrogen-bond acceptors (Lipinski definition) is 11. The largest absolute Gasteiger partial charge is 0.497 e. The molecule has 0 aliphatic carbocycles. The second kappa shape index (κ2) is 10.5. The quantitative estimate of drug-likeness (QED) is 0.270. The van der Waals surface area contributed by atoms with Gasteiger partial charge in [0.25, 0.3) is 0 Å². The number of benzene rings is 1.